The van der Waals surface area contributed by atoms with Gasteiger partial charge in [0.05, 0.1) is 11.3 Å². The number of nitrogens with one attached hydrogen (secondary N) is 1. The zero-order valence-corrected chi connectivity index (χ0v) is 14.4. The summed E-state index contributed by atoms with van der Waals surface area (Å²) in [5.74, 6) is 1.39. The van der Waals surface area contributed by atoms with Gasteiger partial charge in [0, 0.05) is 19.0 Å². The van der Waals surface area contributed by atoms with Crippen molar-refractivity contribution in [2.24, 2.45) is 0 Å². The molecule has 0 unspecified atom stereocenters. The fraction of sp³-hybridized carbons (Fsp3) is 0.312. The summed E-state index contributed by atoms with van der Waals surface area (Å²) in [5, 5.41) is 13.0. The molecule has 0 saturated carbocycles. The minimum absolute atomic E-state index is 0.0699. The Labute approximate surface area is 149 Å². The lowest BCUT2D eigenvalue weighted by atomic mass is 10.2. The topological polar surface area (TPSA) is 75.9 Å². The number of aromatic nitrogens is 4. The molecule has 0 aliphatic carbocycles. The molecule has 2 heterocycles. The lowest BCUT2D eigenvalue weighted by molar-refractivity contribution is 0.475. The monoisotopic (exact) mass is 365 g/mol. The second-order valence-corrected chi connectivity index (χ2v) is 6.15. The van der Waals surface area contributed by atoms with Crippen molar-refractivity contribution in [3.8, 4) is 5.75 Å². The van der Waals surface area contributed by atoms with Crippen molar-refractivity contribution in [1.82, 2.24) is 19.5 Å². The summed E-state index contributed by atoms with van der Waals surface area (Å²) in [4.78, 5) is 13.0. The number of anilines is 1. The third kappa shape index (κ3) is 3.71. The Hall–Kier alpha value is -2.05. The van der Waals surface area contributed by atoms with Gasteiger partial charge in [-0.15, -0.1) is 11.6 Å². The van der Waals surface area contributed by atoms with Crippen molar-refractivity contribution in [1.29, 1.82) is 0 Å². The predicted octanol–water partition coefficient (Wildman–Crippen LogP) is 3.82. The number of fused-ring (bicyclic) bond motifs is 1. The van der Waals surface area contributed by atoms with Crippen LogP contribution in [0.1, 0.15) is 18.4 Å². The Balaban J connectivity index is 1.76. The van der Waals surface area contributed by atoms with Crippen LogP contribution in [0.4, 0.5) is 5.82 Å². The van der Waals surface area contributed by atoms with Gasteiger partial charge in [-0.25, -0.2) is 15.0 Å². The molecule has 3 aromatic rings. The fourth-order valence-electron chi connectivity index (χ4n) is 2.40. The second kappa shape index (κ2) is 7.68. The van der Waals surface area contributed by atoms with Gasteiger partial charge in [0.2, 0.25) is 0 Å². The lowest BCUT2D eigenvalue weighted by Gasteiger charge is -2.07. The van der Waals surface area contributed by atoms with Crippen LogP contribution in [0.3, 0.4) is 0 Å². The molecule has 126 valence electrons. The highest BCUT2D eigenvalue weighted by molar-refractivity contribution is 6.32. The molecule has 6 nitrogen and oxygen atoms in total. The number of unbranched alkanes of at least 4 members (excludes halogenated alkanes) is 1. The van der Waals surface area contributed by atoms with E-state index in [0.717, 1.165) is 36.1 Å². The van der Waals surface area contributed by atoms with E-state index >= 15 is 0 Å². The maximum Gasteiger partial charge on any atom is 0.165 e. The van der Waals surface area contributed by atoms with E-state index in [2.05, 4.69) is 20.3 Å². The standard InChI is InChI=1S/C16H17Cl2N5O/c17-5-1-2-6-23-10-22-14-15(20-9-21-16(14)23)19-8-11-3-4-13(24)12(18)7-11/h3-4,7,9-10,24H,1-2,5-6,8H2,(H,19,20,21). The van der Waals surface area contributed by atoms with Crippen LogP contribution < -0.4 is 5.32 Å². The van der Waals surface area contributed by atoms with Crippen molar-refractivity contribution < 1.29 is 5.11 Å². The average Bonchev–Trinajstić information content (AvgIpc) is 3.00. The van der Waals surface area contributed by atoms with E-state index in [4.69, 9.17) is 23.2 Å². The molecule has 0 atom stereocenters. The lowest BCUT2D eigenvalue weighted by Crippen LogP contribution is -2.03. The molecule has 2 aromatic heterocycles. The molecule has 0 bridgehead atoms. The van der Waals surface area contributed by atoms with Crippen LogP contribution in [0.25, 0.3) is 11.2 Å². The number of rotatable bonds is 7. The number of hydrogen-bond donors (Lipinski definition) is 2. The van der Waals surface area contributed by atoms with E-state index in [1.165, 1.54) is 6.33 Å². The predicted molar refractivity (Wildman–Crippen MR) is 95.7 cm³/mol. The third-order valence-electron chi connectivity index (χ3n) is 3.66. The van der Waals surface area contributed by atoms with E-state index in [9.17, 15) is 5.11 Å². The maximum absolute atomic E-state index is 9.47. The van der Waals surface area contributed by atoms with Crippen LogP contribution in [0.2, 0.25) is 5.02 Å². The van der Waals surface area contributed by atoms with Gasteiger partial charge in [0.15, 0.2) is 11.5 Å². The van der Waals surface area contributed by atoms with Gasteiger partial charge in [-0.05, 0) is 30.5 Å². The van der Waals surface area contributed by atoms with Gasteiger partial charge in [-0.2, -0.15) is 0 Å². The first-order valence-corrected chi connectivity index (χ1v) is 8.53. The van der Waals surface area contributed by atoms with Crippen LogP contribution in [0, 0.1) is 0 Å². The number of phenols is 1. The summed E-state index contributed by atoms with van der Waals surface area (Å²) >= 11 is 11.6. The Morgan fingerprint density at radius 2 is 2.04 bits per heavy atom. The highest BCUT2D eigenvalue weighted by atomic mass is 35.5. The third-order valence-corrected chi connectivity index (χ3v) is 4.23. The van der Waals surface area contributed by atoms with Crippen LogP contribution in [-0.4, -0.2) is 30.5 Å². The SMILES string of the molecule is Oc1ccc(CNc2ncnc3c2ncn3CCCCCl)cc1Cl. The van der Waals surface area contributed by atoms with E-state index in [1.54, 1.807) is 24.5 Å². The van der Waals surface area contributed by atoms with Gasteiger partial charge < -0.3 is 15.0 Å². The molecule has 8 heteroatoms. The largest absolute Gasteiger partial charge is 0.506 e. The number of alkyl halides is 1. The van der Waals surface area contributed by atoms with Crippen molar-refractivity contribution in [2.75, 3.05) is 11.2 Å². The van der Waals surface area contributed by atoms with Gasteiger partial charge in [-0.1, -0.05) is 17.7 Å². The van der Waals surface area contributed by atoms with Crippen LogP contribution >= 0.6 is 23.2 Å². The first kappa shape index (κ1) is 16.8. The summed E-state index contributed by atoms with van der Waals surface area (Å²) in [6, 6.07) is 5.09. The van der Waals surface area contributed by atoms with Crippen LogP contribution in [0.15, 0.2) is 30.9 Å². The molecule has 1 aromatic carbocycles. The molecule has 0 aliphatic heterocycles. The van der Waals surface area contributed by atoms with Crippen LogP contribution in [-0.2, 0) is 13.1 Å². The first-order chi connectivity index (χ1) is 11.7. The Kier molecular flexibility index (Phi) is 5.37. The zero-order valence-electron chi connectivity index (χ0n) is 12.9. The van der Waals surface area contributed by atoms with Crippen molar-refractivity contribution in [2.45, 2.75) is 25.9 Å². The zero-order chi connectivity index (χ0) is 16.9. The van der Waals surface area contributed by atoms with Gasteiger partial charge in [0.1, 0.15) is 17.6 Å². The number of aryl methyl sites for hydroxylation is 1. The quantitative estimate of drug-likeness (QED) is 0.491. The molecule has 3 rings (SSSR count). The Bertz CT molecular complexity index is 836. The van der Waals surface area contributed by atoms with Crippen molar-refractivity contribution in [3.63, 3.8) is 0 Å². The van der Waals surface area contributed by atoms with Gasteiger partial charge in [0.25, 0.3) is 0 Å². The fourth-order valence-corrected chi connectivity index (χ4v) is 2.79. The van der Waals surface area contributed by atoms with Crippen LogP contribution in [0.5, 0.6) is 5.75 Å². The van der Waals surface area contributed by atoms with E-state index in [0.29, 0.717) is 23.3 Å². The number of hydrogen-bond acceptors (Lipinski definition) is 5. The van der Waals surface area contributed by atoms with Gasteiger partial charge >= 0.3 is 0 Å². The summed E-state index contributed by atoms with van der Waals surface area (Å²) < 4.78 is 2.01. The molecule has 0 saturated heterocycles. The number of imidazole rings is 1. The smallest absolute Gasteiger partial charge is 0.165 e. The molecule has 0 spiro atoms. The maximum atomic E-state index is 9.47. The molecule has 0 aliphatic rings. The van der Waals surface area contributed by atoms with E-state index < -0.39 is 0 Å². The van der Waals surface area contributed by atoms with E-state index in [1.807, 2.05) is 4.57 Å². The molecular weight excluding hydrogens is 349 g/mol. The highest BCUT2D eigenvalue weighted by Crippen LogP contribution is 2.24. The first-order valence-electron chi connectivity index (χ1n) is 7.62. The minimum atomic E-state index is 0.0699. The highest BCUT2D eigenvalue weighted by Gasteiger charge is 2.10. The summed E-state index contributed by atoms with van der Waals surface area (Å²) in [5.41, 5.74) is 2.46. The number of phenolic OH excluding ortho intramolecular Hbond substituents is 1. The Morgan fingerprint density at radius 3 is 2.83 bits per heavy atom. The summed E-state index contributed by atoms with van der Waals surface area (Å²) in [6.07, 6.45) is 5.23. The molecule has 0 radical (unpaired) electrons. The molecule has 0 amide bonds. The van der Waals surface area contributed by atoms with Crippen molar-refractivity contribution >= 4 is 40.2 Å². The number of halogens is 2. The number of nitrogens with zero attached hydrogens (tertiary/aromatic N) is 4. The molecule has 0 fully saturated rings. The normalized spacial score (nSPS) is 11.1. The number of benzene rings is 1. The van der Waals surface area contributed by atoms with E-state index in [-0.39, 0.29) is 5.75 Å². The minimum Gasteiger partial charge on any atom is -0.506 e. The molecular formula is C16H17Cl2N5O. The average molecular weight is 366 g/mol. The summed E-state index contributed by atoms with van der Waals surface area (Å²) in [6.45, 7) is 1.35. The summed E-state index contributed by atoms with van der Waals surface area (Å²) in [7, 11) is 0. The van der Waals surface area contributed by atoms with Crippen molar-refractivity contribution in [3.05, 3.63) is 41.4 Å². The molecule has 24 heavy (non-hydrogen) atoms. The molecule has 2 N–H and O–H groups in total. The Morgan fingerprint density at radius 1 is 1.17 bits per heavy atom. The number of aromatic hydroxyl groups is 1. The second-order valence-electron chi connectivity index (χ2n) is 5.37. The van der Waals surface area contributed by atoms with Gasteiger partial charge in [-0.3, -0.25) is 0 Å².